The zero-order valence-corrected chi connectivity index (χ0v) is 9.55. The first-order chi connectivity index (χ1) is 7.40. The van der Waals surface area contributed by atoms with Crippen molar-refractivity contribution in [2.24, 2.45) is 0 Å². The summed E-state index contributed by atoms with van der Waals surface area (Å²) < 4.78 is 5.11. The average molecular weight is 242 g/mol. The van der Waals surface area contributed by atoms with E-state index >= 15 is 0 Å². The minimum atomic E-state index is 0.180. The second-order valence-electron chi connectivity index (χ2n) is 2.80. The summed E-state index contributed by atoms with van der Waals surface area (Å²) in [5.41, 5.74) is 0.964. The van der Waals surface area contributed by atoms with E-state index in [1.165, 1.54) is 0 Å². The van der Waals surface area contributed by atoms with E-state index in [-0.39, 0.29) is 6.61 Å². The summed E-state index contributed by atoms with van der Waals surface area (Å²) in [6.45, 7) is 0.180. The van der Waals surface area contributed by atoms with Crippen LogP contribution in [0.25, 0.3) is 11.5 Å². The number of rotatable bonds is 5. The molecule has 80 valence electrons. The normalized spacial score (nSPS) is 10.7. The highest BCUT2D eigenvalue weighted by Crippen LogP contribution is 2.20. The van der Waals surface area contributed by atoms with Gasteiger partial charge in [-0.2, -0.15) is 28.1 Å². The van der Waals surface area contributed by atoms with Crippen LogP contribution in [0.5, 0.6) is 0 Å². The predicted molar refractivity (Wildman–Crippen MR) is 60.9 cm³/mol. The first-order valence-corrected chi connectivity index (χ1v) is 6.53. The molecule has 2 aromatic heterocycles. The van der Waals surface area contributed by atoms with Gasteiger partial charge in [0.25, 0.3) is 5.89 Å². The highest BCUT2D eigenvalue weighted by molar-refractivity contribution is 7.98. The van der Waals surface area contributed by atoms with Crippen molar-refractivity contribution < 1.29 is 9.63 Å². The van der Waals surface area contributed by atoms with Crippen LogP contribution in [-0.2, 0) is 5.75 Å². The highest BCUT2D eigenvalue weighted by atomic mass is 32.2. The largest absolute Gasteiger partial charge is 0.396 e. The van der Waals surface area contributed by atoms with Gasteiger partial charge in [-0.15, -0.1) is 0 Å². The zero-order valence-electron chi connectivity index (χ0n) is 7.92. The van der Waals surface area contributed by atoms with Crippen LogP contribution in [-0.4, -0.2) is 27.6 Å². The fourth-order valence-corrected chi connectivity index (χ4v) is 2.25. The molecule has 0 aliphatic carbocycles. The summed E-state index contributed by atoms with van der Waals surface area (Å²) in [5.74, 6) is 2.61. The summed E-state index contributed by atoms with van der Waals surface area (Å²) in [7, 11) is 0. The molecule has 0 amide bonds. The van der Waals surface area contributed by atoms with E-state index in [1.807, 2.05) is 16.8 Å². The molecule has 0 unspecified atom stereocenters. The Hall–Kier alpha value is -0.850. The molecule has 1 N–H and O–H groups in total. The number of hydrogen-bond acceptors (Lipinski definition) is 6. The van der Waals surface area contributed by atoms with E-state index < -0.39 is 0 Å². The van der Waals surface area contributed by atoms with Gasteiger partial charge in [-0.25, -0.2) is 0 Å². The van der Waals surface area contributed by atoms with Gasteiger partial charge < -0.3 is 9.63 Å². The Morgan fingerprint density at radius 3 is 3.20 bits per heavy atom. The van der Waals surface area contributed by atoms with E-state index in [0.29, 0.717) is 23.2 Å². The van der Waals surface area contributed by atoms with E-state index in [9.17, 15) is 0 Å². The summed E-state index contributed by atoms with van der Waals surface area (Å²) >= 11 is 3.18. The van der Waals surface area contributed by atoms with Crippen LogP contribution in [0, 0.1) is 0 Å². The molecular formula is C9H10N2O2S2. The van der Waals surface area contributed by atoms with Gasteiger partial charge in [0.15, 0.2) is 5.82 Å². The van der Waals surface area contributed by atoms with Gasteiger partial charge in [0.1, 0.15) is 0 Å². The molecule has 0 radical (unpaired) electrons. The molecule has 4 nitrogen and oxygen atoms in total. The van der Waals surface area contributed by atoms with E-state index in [1.54, 1.807) is 23.1 Å². The lowest BCUT2D eigenvalue weighted by molar-refractivity contribution is 0.322. The van der Waals surface area contributed by atoms with Crippen LogP contribution in [0.4, 0.5) is 0 Å². The third-order valence-electron chi connectivity index (χ3n) is 1.70. The molecule has 0 aliphatic heterocycles. The van der Waals surface area contributed by atoms with E-state index in [0.717, 1.165) is 5.56 Å². The number of thiophene rings is 1. The van der Waals surface area contributed by atoms with Crippen molar-refractivity contribution in [3.63, 3.8) is 0 Å². The van der Waals surface area contributed by atoms with Crippen LogP contribution in [0.15, 0.2) is 21.3 Å². The van der Waals surface area contributed by atoms with Crippen LogP contribution in [0.2, 0.25) is 0 Å². The third kappa shape index (κ3) is 2.80. The molecule has 0 fully saturated rings. The quantitative estimate of drug-likeness (QED) is 0.813. The minimum Gasteiger partial charge on any atom is -0.396 e. The molecule has 6 heteroatoms. The molecular weight excluding hydrogens is 232 g/mol. The number of thioether (sulfide) groups is 1. The number of aromatic nitrogens is 2. The van der Waals surface area contributed by atoms with Gasteiger partial charge in [-0.3, -0.25) is 0 Å². The smallest absolute Gasteiger partial charge is 0.258 e. The van der Waals surface area contributed by atoms with Crippen molar-refractivity contribution in [3.8, 4) is 11.5 Å². The maximum absolute atomic E-state index is 8.62. The standard InChI is InChI=1S/C9H10N2O2S2/c12-2-4-15-6-8-10-9(13-11-8)7-1-3-14-5-7/h1,3,5,12H,2,4,6H2. The van der Waals surface area contributed by atoms with Crippen molar-refractivity contribution >= 4 is 23.1 Å². The zero-order chi connectivity index (χ0) is 10.5. The van der Waals surface area contributed by atoms with Crippen molar-refractivity contribution in [1.82, 2.24) is 10.1 Å². The lowest BCUT2D eigenvalue weighted by atomic mass is 10.3. The Kier molecular flexibility index (Phi) is 3.76. The molecule has 2 heterocycles. The molecule has 0 aliphatic rings. The predicted octanol–water partition coefficient (Wildman–Crippen LogP) is 2.02. The number of hydrogen-bond donors (Lipinski definition) is 1. The molecule has 0 atom stereocenters. The number of aliphatic hydroxyl groups excluding tert-OH is 1. The number of nitrogens with zero attached hydrogens (tertiary/aromatic N) is 2. The van der Waals surface area contributed by atoms with Crippen LogP contribution >= 0.6 is 23.1 Å². The van der Waals surface area contributed by atoms with Crippen molar-refractivity contribution in [2.75, 3.05) is 12.4 Å². The van der Waals surface area contributed by atoms with Crippen molar-refractivity contribution in [3.05, 3.63) is 22.7 Å². The third-order valence-corrected chi connectivity index (χ3v) is 3.32. The summed E-state index contributed by atoms with van der Waals surface area (Å²) in [5, 5.41) is 16.4. The van der Waals surface area contributed by atoms with Gasteiger partial charge in [0.2, 0.25) is 0 Å². The Bertz CT molecular complexity index is 400. The Morgan fingerprint density at radius 2 is 2.47 bits per heavy atom. The van der Waals surface area contributed by atoms with E-state index in [2.05, 4.69) is 10.1 Å². The summed E-state index contributed by atoms with van der Waals surface area (Å²) in [4.78, 5) is 4.25. The van der Waals surface area contributed by atoms with Crippen molar-refractivity contribution in [1.29, 1.82) is 0 Å². The van der Waals surface area contributed by atoms with Gasteiger partial charge >= 0.3 is 0 Å². The molecule has 0 spiro atoms. The SMILES string of the molecule is OCCSCc1noc(-c2ccsc2)n1. The topological polar surface area (TPSA) is 59.2 Å². The monoisotopic (exact) mass is 242 g/mol. The Morgan fingerprint density at radius 1 is 1.53 bits per heavy atom. The lowest BCUT2D eigenvalue weighted by Crippen LogP contribution is -1.89. The minimum absolute atomic E-state index is 0.180. The fraction of sp³-hybridized carbons (Fsp3) is 0.333. The molecule has 2 rings (SSSR count). The van der Waals surface area contributed by atoms with Gasteiger partial charge in [0.05, 0.1) is 17.9 Å². The summed E-state index contributed by atoms with van der Waals surface area (Å²) in [6, 6.07) is 1.95. The number of aliphatic hydroxyl groups is 1. The second kappa shape index (κ2) is 5.29. The first kappa shape index (κ1) is 10.7. The van der Waals surface area contributed by atoms with Crippen LogP contribution in [0.1, 0.15) is 5.82 Å². The molecule has 0 aromatic carbocycles. The second-order valence-corrected chi connectivity index (χ2v) is 4.69. The van der Waals surface area contributed by atoms with Gasteiger partial charge in [-0.1, -0.05) is 5.16 Å². The van der Waals surface area contributed by atoms with Gasteiger partial charge in [0, 0.05) is 11.1 Å². The molecule has 0 bridgehead atoms. The van der Waals surface area contributed by atoms with E-state index in [4.69, 9.17) is 9.63 Å². The molecule has 0 saturated carbocycles. The fourth-order valence-electron chi connectivity index (χ4n) is 1.04. The maximum atomic E-state index is 8.62. The lowest BCUT2D eigenvalue weighted by Gasteiger charge is -1.91. The van der Waals surface area contributed by atoms with Crippen LogP contribution < -0.4 is 0 Å². The van der Waals surface area contributed by atoms with Gasteiger partial charge in [-0.05, 0) is 11.4 Å². The highest BCUT2D eigenvalue weighted by Gasteiger charge is 2.08. The van der Waals surface area contributed by atoms with Crippen LogP contribution in [0.3, 0.4) is 0 Å². The molecule has 15 heavy (non-hydrogen) atoms. The Labute approximate surface area is 95.3 Å². The Balaban J connectivity index is 1.98. The maximum Gasteiger partial charge on any atom is 0.258 e. The summed E-state index contributed by atoms with van der Waals surface area (Å²) in [6.07, 6.45) is 0. The molecule has 2 aromatic rings. The molecule has 0 saturated heterocycles. The van der Waals surface area contributed by atoms with Crippen molar-refractivity contribution in [2.45, 2.75) is 5.75 Å². The first-order valence-electron chi connectivity index (χ1n) is 4.44. The average Bonchev–Trinajstić information content (AvgIpc) is 2.87.